The first kappa shape index (κ1) is 64.4. The average molecular weight is 934 g/mol. The van der Waals surface area contributed by atoms with Crippen molar-refractivity contribution < 1.29 is 28.6 Å². The first-order chi connectivity index (χ1) is 32.5. The summed E-state index contributed by atoms with van der Waals surface area (Å²) < 4.78 is 16.9. The monoisotopic (exact) mass is 933 g/mol. The molecule has 0 aromatic rings. The van der Waals surface area contributed by atoms with E-state index in [1.165, 1.54) is 250 Å². The van der Waals surface area contributed by atoms with Crippen molar-refractivity contribution in [2.45, 2.75) is 354 Å². The molecule has 0 aromatic heterocycles. The van der Waals surface area contributed by atoms with Crippen LogP contribution in [0.2, 0.25) is 0 Å². The Morgan fingerprint density at radius 2 is 0.409 bits per heavy atom. The van der Waals surface area contributed by atoms with Crippen molar-refractivity contribution >= 4 is 17.9 Å². The molecule has 0 aliphatic rings. The fraction of sp³-hybridized carbons (Fsp3) is 0.950. The van der Waals surface area contributed by atoms with E-state index in [4.69, 9.17) is 14.2 Å². The number of hydrogen-bond donors (Lipinski definition) is 0. The Kier molecular flexibility index (Phi) is 54.7. The van der Waals surface area contributed by atoms with Gasteiger partial charge in [0.2, 0.25) is 0 Å². The van der Waals surface area contributed by atoms with E-state index in [1.54, 1.807) is 0 Å². The molecular formula is C60H116O6. The maximum absolute atomic E-state index is 12.8. The molecule has 0 aromatic carbocycles. The summed E-state index contributed by atoms with van der Waals surface area (Å²) in [4.78, 5) is 38.1. The second kappa shape index (κ2) is 56.0. The zero-order chi connectivity index (χ0) is 47.9. The maximum Gasteiger partial charge on any atom is 0.306 e. The maximum atomic E-state index is 12.8. The molecule has 0 heterocycles. The minimum Gasteiger partial charge on any atom is -0.462 e. The Balaban J connectivity index is 4.16. The topological polar surface area (TPSA) is 78.9 Å². The van der Waals surface area contributed by atoms with Gasteiger partial charge in [0.05, 0.1) is 0 Å². The minimum atomic E-state index is -0.760. The zero-order valence-electron chi connectivity index (χ0n) is 45.0. The van der Waals surface area contributed by atoms with Gasteiger partial charge in [-0.2, -0.15) is 0 Å². The highest BCUT2D eigenvalue weighted by molar-refractivity contribution is 5.71. The highest BCUT2D eigenvalue weighted by atomic mass is 16.6. The molecule has 6 nitrogen and oxygen atoms in total. The Hall–Kier alpha value is -1.59. The number of unbranched alkanes of at least 4 members (excludes halogenated alkanes) is 45. The van der Waals surface area contributed by atoms with E-state index < -0.39 is 6.10 Å². The molecule has 0 rings (SSSR count). The molecule has 0 spiro atoms. The molecule has 0 bridgehead atoms. The number of esters is 3. The van der Waals surface area contributed by atoms with Gasteiger partial charge >= 0.3 is 17.9 Å². The second-order valence-corrected chi connectivity index (χ2v) is 20.6. The van der Waals surface area contributed by atoms with E-state index in [0.717, 1.165) is 57.8 Å². The summed E-state index contributed by atoms with van der Waals surface area (Å²) in [5.41, 5.74) is 0. The Morgan fingerprint density at radius 3 is 0.606 bits per heavy atom. The summed E-state index contributed by atoms with van der Waals surface area (Å²) in [5, 5.41) is 0. The lowest BCUT2D eigenvalue weighted by Gasteiger charge is -2.18. The van der Waals surface area contributed by atoms with E-state index >= 15 is 0 Å². The highest BCUT2D eigenvalue weighted by Gasteiger charge is 2.19. The Morgan fingerprint density at radius 1 is 0.242 bits per heavy atom. The van der Waals surface area contributed by atoms with E-state index in [9.17, 15) is 14.4 Å². The molecule has 0 N–H and O–H groups in total. The lowest BCUT2D eigenvalue weighted by molar-refractivity contribution is -0.167. The molecular weight excluding hydrogens is 817 g/mol. The van der Waals surface area contributed by atoms with Gasteiger partial charge in [-0.15, -0.1) is 0 Å². The van der Waals surface area contributed by atoms with Gasteiger partial charge in [-0.1, -0.05) is 310 Å². The molecule has 66 heavy (non-hydrogen) atoms. The van der Waals surface area contributed by atoms with Crippen LogP contribution in [0.15, 0.2) is 0 Å². The van der Waals surface area contributed by atoms with Gasteiger partial charge in [-0.3, -0.25) is 14.4 Å². The summed E-state index contributed by atoms with van der Waals surface area (Å²) in [5.74, 6) is -0.834. The third kappa shape index (κ3) is 53.4. The first-order valence-corrected chi connectivity index (χ1v) is 30.0. The third-order valence-corrected chi connectivity index (χ3v) is 13.9. The van der Waals surface area contributed by atoms with E-state index in [2.05, 4.69) is 20.8 Å². The molecule has 0 fully saturated rings. The number of rotatable bonds is 56. The summed E-state index contributed by atoms with van der Waals surface area (Å²) in [7, 11) is 0. The molecule has 6 heteroatoms. The van der Waals surface area contributed by atoms with Gasteiger partial charge in [0.25, 0.3) is 0 Å². The van der Waals surface area contributed by atoms with Crippen LogP contribution < -0.4 is 0 Å². The molecule has 0 aliphatic heterocycles. The normalized spacial score (nSPS) is 11.9. The van der Waals surface area contributed by atoms with Crippen molar-refractivity contribution in [1.29, 1.82) is 0 Å². The van der Waals surface area contributed by atoms with Gasteiger partial charge < -0.3 is 14.2 Å². The van der Waals surface area contributed by atoms with Gasteiger partial charge in [-0.05, 0) is 19.3 Å². The van der Waals surface area contributed by atoms with Crippen molar-refractivity contribution in [2.75, 3.05) is 13.2 Å². The smallest absolute Gasteiger partial charge is 0.306 e. The summed E-state index contributed by atoms with van der Waals surface area (Å²) in [6.07, 6.45) is 62.5. The fourth-order valence-electron chi connectivity index (χ4n) is 9.33. The molecule has 0 saturated carbocycles. The van der Waals surface area contributed by atoms with Crippen molar-refractivity contribution in [3.63, 3.8) is 0 Å². The van der Waals surface area contributed by atoms with E-state index in [0.29, 0.717) is 19.3 Å². The Labute approximate surface area is 412 Å². The van der Waals surface area contributed by atoms with E-state index in [1.807, 2.05) is 0 Å². The van der Waals surface area contributed by atoms with Crippen LogP contribution in [0, 0.1) is 0 Å². The van der Waals surface area contributed by atoms with Crippen LogP contribution in [0.4, 0.5) is 0 Å². The highest BCUT2D eigenvalue weighted by Crippen LogP contribution is 2.18. The molecule has 0 saturated heterocycles. The van der Waals surface area contributed by atoms with Gasteiger partial charge in [0, 0.05) is 19.3 Å². The fourth-order valence-corrected chi connectivity index (χ4v) is 9.33. The SMILES string of the molecule is CCCCCCCCCCCCCCCCCCCCCCCCCC(=O)OCC(COC(=O)CCCCCCCCCCCC)OC(=O)CCCCCCCCCCCCCCCCC. The predicted octanol–water partition coefficient (Wildman–Crippen LogP) is 19.9. The lowest BCUT2D eigenvalue weighted by atomic mass is 10.0. The van der Waals surface area contributed by atoms with Crippen LogP contribution in [0.1, 0.15) is 348 Å². The quantitative estimate of drug-likeness (QED) is 0.0343. The van der Waals surface area contributed by atoms with Crippen LogP contribution in [0.3, 0.4) is 0 Å². The lowest BCUT2D eigenvalue weighted by Crippen LogP contribution is -2.30. The second-order valence-electron chi connectivity index (χ2n) is 20.6. The number of hydrogen-bond acceptors (Lipinski definition) is 6. The van der Waals surface area contributed by atoms with Crippen LogP contribution in [0.25, 0.3) is 0 Å². The third-order valence-electron chi connectivity index (χ3n) is 13.9. The average Bonchev–Trinajstić information content (AvgIpc) is 3.31. The van der Waals surface area contributed by atoms with Gasteiger partial charge in [0.15, 0.2) is 6.10 Å². The Bertz CT molecular complexity index is 982. The zero-order valence-corrected chi connectivity index (χ0v) is 45.0. The van der Waals surface area contributed by atoms with Crippen molar-refractivity contribution in [2.24, 2.45) is 0 Å². The van der Waals surface area contributed by atoms with Crippen LogP contribution in [0.5, 0.6) is 0 Å². The number of carbonyl (C=O) groups is 3. The number of ether oxygens (including phenoxy) is 3. The van der Waals surface area contributed by atoms with Crippen molar-refractivity contribution in [3.8, 4) is 0 Å². The molecule has 1 atom stereocenters. The molecule has 392 valence electrons. The first-order valence-electron chi connectivity index (χ1n) is 30.0. The van der Waals surface area contributed by atoms with Crippen LogP contribution in [-0.2, 0) is 28.6 Å². The minimum absolute atomic E-state index is 0.0612. The van der Waals surface area contributed by atoms with Gasteiger partial charge in [-0.25, -0.2) is 0 Å². The summed E-state index contributed by atoms with van der Waals surface area (Å²) in [6.45, 7) is 6.70. The van der Waals surface area contributed by atoms with Crippen LogP contribution in [-0.4, -0.2) is 37.2 Å². The number of carbonyl (C=O) groups excluding carboxylic acids is 3. The molecule has 1 unspecified atom stereocenters. The summed E-state index contributed by atoms with van der Waals surface area (Å²) in [6, 6.07) is 0. The predicted molar refractivity (Wildman–Crippen MR) is 284 cm³/mol. The standard InChI is InChI=1S/C60H116O6/c1-4-7-10-13-16-19-22-24-26-27-28-29-30-31-32-33-35-36-38-41-44-47-50-53-59(62)65-56-57(55-64-58(61)52-49-46-43-40-21-18-15-12-9-6-3)66-60(63)54-51-48-45-42-39-37-34-25-23-20-17-14-11-8-5-2/h57H,4-56H2,1-3H3. The molecule has 0 aliphatic carbocycles. The van der Waals surface area contributed by atoms with Crippen LogP contribution >= 0.6 is 0 Å². The molecule has 0 amide bonds. The van der Waals surface area contributed by atoms with Crippen molar-refractivity contribution in [1.82, 2.24) is 0 Å². The summed E-state index contributed by atoms with van der Waals surface area (Å²) >= 11 is 0. The largest absolute Gasteiger partial charge is 0.462 e. The van der Waals surface area contributed by atoms with Gasteiger partial charge in [0.1, 0.15) is 13.2 Å². The molecule has 0 radical (unpaired) electrons. The van der Waals surface area contributed by atoms with E-state index in [-0.39, 0.29) is 31.1 Å². The van der Waals surface area contributed by atoms with Crippen molar-refractivity contribution in [3.05, 3.63) is 0 Å².